The SMILES string of the molecule is C[C@@H](OC(=O)/C=C/c1cccc2cccnc12)C(=O)Nc1ccccc1. The third-order valence-electron chi connectivity index (χ3n) is 3.77. The second-order valence-electron chi connectivity index (χ2n) is 5.69. The Morgan fingerprint density at radius 2 is 1.81 bits per heavy atom. The topological polar surface area (TPSA) is 68.3 Å². The Kier molecular flexibility index (Phi) is 5.39. The Balaban J connectivity index is 1.62. The Hall–Kier alpha value is -3.47. The molecule has 3 rings (SSSR count). The minimum Gasteiger partial charge on any atom is -0.449 e. The molecule has 0 saturated carbocycles. The van der Waals surface area contributed by atoms with E-state index in [1.165, 1.54) is 13.0 Å². The van der Waals surface area contributed by atoms with Crippen LogP contribution in [0.4, 0.5) is 5.69 Å². The van der Waals surface area contributed by atoms with Crippen molar-refractivity contribution in [2.45, 2.75) is 13.0 Å². The molecule has 0 bridgehead atoms. The lowest BCUT2D eigenvalue weighted by atomic mass is 10.1. The summed E-state index contributed by atoms with van der Waals surface area (Å²) < 4.78 is 5.16. The van der Waals surface area contributed by atoms with Gasteiger partial charge in [-0.3, -0.25) is 9.78 Å². The number of nitrogens with one attached hydrogen (secondary N) is 1. The van der Waals surface area contributed by atoms with E-state index in [-0.39, 0.29) is 5.91 Å². The molecule has 5 heteroatoms. The van der Waals surface area contributed by atoms with Crippen molar-refractivity contribution in [3.05, 3.63) is 78.5 Å². The van der Waals surface area contributed by atoms with Gasteiger partial charge < -0.3 is 10.1 Å². The molecule has 1 atom stereocenters. The predicted octanol–water partition coefficient (Wildman–Crippen LogP) is 3.82. The average molecular weight is 346 g/mol. The molecule has 0 radical (unpaired) electrons. The number of benzene rings is 2. The maximum Gasteiger partial charge on any atom is 0.331 e. The second-order valence-corrected chi connectivity index (χ2v) is 5.69. The first kappa shape index (κ1) is 17.4. The summed E-state index contributed by atoms with van der Waals surface area (Å²) in [4.78, 5) is 28.4. The van der Waals surface area contributed by atoms with E-state index in [1.54, 1.807) is 24.4 Å². The summed E-state index contributed by atoms with van der Waals surface area (Å²) in [5.41, 5.74) is 2.26. The largest absolute Gasteiger partial charge is 0.449 e. The third-order valence-corrected chi connectivity index (χ3v) is 3.77. The Bertz CT molecular complexity index is 946. The molecule has 0 saturated heterocycles. The number of nitrogens with zero attached hydrogens (tertiary/aromatic N) is 1. The minimum absolute atomic E-state index is 0.384. The molecule has 0 aliphatic carbocycles. The van der Waals surface area contributed by atoms with E-state index < -0.39 is 12.1 Å². The quantitative estimate of drug-likeness (QED) is 0.563. The van der Waals surface area contributed by atoms with E-state index in [1.807, 2.05) is 48.5 Å². The standard InChI is InChI=1S/C21H18N2O3/c1-15(21(25)23-18-10-3-2-4-11-18)26-19(24)13-12-17-8-5-7-16-9-6-14-22-20(16)17/h2-15H,1H3,(H,23,25)/b13-12+/t15-/m1/s1. The molecule has 0 aliphatic heterocycles. The number of esters is 1. The van der Waals surface area contributed by atoms with Gasteiger partial charge in [0, 0.05) is 28.9 Å². The van der Waals surface area contributed by atoms with Gasteiger partial charge in [0.15, 0.2) is 6.10 Å². The Labute approximate surface area is 151 Å². The number of amides is 1. The number of rotatable bonds is 5. The van der Waals surface area contributed by atoms with Crippen molar-refractivity contribution in [1.82, 2.24) is 4.98 Å². The van der Waals surface area contributed by atoms with Gasteiger partial charge in [-0.25, -0.2) is 4.79 Å². The minimum atomic E-state index is -0.905. The van der Waals surface area contributed by atoms with Crippen LogP contribution in [0.1, 0.15) is 12.5 Å². The van der Waals surface area contributed by atoms with E-state index in [2.05, 4.69) is 10.3 Å². The maximum atomic E-state index is 12.1. The number of ether oxygens (including phenoxy) is 1. The summed E-state index contributed by atoms with van der Waals surface area (Å²) in [7, 11) is 0. The van der Waals surface area contributed by atoms with E-state index in [9.17, 15) is 9.59 Å². The number of carbonyl (C=O) groups excluding carboxylic acids is 2. The molecule has 26 heavy (non-hydrogen) atoms. The van der Waals surface area contributed by atoms with E-state index in [0.29, 0.717) is 5.69 Å². The summed E-state index contributed by atoms with van der Waals surface area (Å²) in [6, 6.07) is 18.5. The lowest BCUT2D eigenvalue weighted by Gasteiger charge is -2.12. The predicted molar refractivity (Wildman–Crippen MR) is 101 cm³/mol. The summed E-state index contributed by atoms with van der Waals surface area (Å²) in [6.07, 6.45) is 3.74. The monoisotopic (exact) mass is 346 g/mol. The molecule has 0 spiro atoms. The fourth-order valence-electron chi connectivity index (χ4n) is 2.45. The number of hydrogen-bond donors (Lipinski definition) is 1. The first-order valence-corrected chi connectivity index (χ1v) is 8.22. The van der Waals surface area contributed by atoms with Crippen molar-refractivity contribution in [2.24, 2.45) is 0 Å². The van der Waals surface area contributed by atoms with Crippen LogP contribution in [0.5, 0.6) is 0 Å². The van der Waals surface area contributed by atoms with Gasteiger partial charge in [0.05, 0.1) is 5.52 Å². The summed E-state index contributed by atoms with van der Waals surface area (Å²) in [5.74, 6) is -0.974. The zero-order valence-electron chi connectivity index (χ0n) is 14.3. The van der Waals surface area contributed by atoms with Crippen molar-refractivity contribution in [2.75, 3.05) is 5.32 Å². The van der Waals surface area contributed by atoms with E-state index in [4.69, 9.17) is 4.74 Å². The molecule has 130 valence electrons. The molecule has 1 N–H and O–H groups in total. The normalized spacial score (nSPS) is 12.0. The van der Waals surface area contributed by atoms with Crippen molar-refractivity contribution >= 4 is 34.5 Å². The fourth-order valence-corrected chi connectivity index (χ4v) is 2.45. The number of carbonyl (C=O) groups is 2. The van der Waals surface area contributed by atoms with Gasteiger partial charge in [0.25, 0.3) is 5.91 Å². The lowest BCUT2D eigenvalue weighted by molar-refractivity contribution is -0.148. The molecule has 0 unspecified atom stereocenters. The summed E-state index contributed by atoms with van der Waals surface area (Å²) in [5, 5.41) is 3.68. The van der Waals surface area contributed by atoms with E-state index >= 15 is 0 Å². The molecule has 0 aliphatic rings. The van der Waals surface area contributed by atoms with Gasteiger partial charge in [-0.1, -0.05) is 42.5 Å². The highest BCUT2D eigenvalue weighted by molar-refractivity contribution is 5.97. The molecule has 1 heterocycles. The van der Waals surface area contributed by atoms with Crippen LogP contribution >= 0.6 is 0 Å². The van der Waals surface area contributed by atoms with Crippen LogP contribution in [0, 0.1) is 0 Å². The first-order valence-electron chi connectivity index (χ1n) is 8.22. The van der Waals surface area contributed by atoms with Crippen LogP contribution in [0.15, 0.2) is 72.9 Å². The molecule has 1 amide bonds. The van der Waals surface area contributed by atoms with Crippen LogP contribution in [-0.2, 0) is 14.3 Å². The number of pyridine rings is 1. The van der Waals surface area contributed by atoms with Gasteiger partial charge in [-0.15, -0.1) is 0 Å². The van der Waals surface area contributed by atoms with Crippen molar-refractivity contribution in [3.8, 4) is 0 Å². The maximum absolute atomic E-state index is 12.1. The van der Waals surface area contributed by atoms with Gasteiger partial charge in [-0.05, 0) is 31.2 Å². The molecular formula is C21H18N2O3. The van der Waals surface area contributed by atoms with Crippen LogP contribution in [0.25, 0.3) is 17.0 Å². The molecule has 3 aromatic rings. The van der Waals surface area contributed by atoms with Crippen LogP contribution < -0.4 is 5.32 Å². The average Bonchev–Trinajstić information content (AvgIpc) is 2.67. The second kappa shape index (κ2) is 8.07. The fraction of sp³-hybridized carbons (Fsp3) is 0.0952. The highest BCUT2D eigenvalue weighted by Gasteiger charge is 2.16. The lowest BCUT2D eigenvalue weighted by Crippen LogP contribution is -2.29. The van der Waals surface area contributed by atoms with Crippen molar-refractivity contribution in [3.63, 3.8) is 0 Å². The van der Waals surface area contributed by atoms with Gasteiger partial charge in [0.1, 0.15) is 0 Å². The van der Waals surface area contributed by atoms with Crippen LogP contribution in [0.3, 0.4) is 0 Å². The van der Waals surface area contributed by atoms with E-state index in [0.717, 1.165) is 16.5 Å². The molecule has 5 nitrogen and oxygen atoms in total. The summed E-state index contributed by atoms with van der Waals surface area (Å²) >= 11 is 0. The van der Waals surface area contributed by atoms with Gasteiger partial charge in [-0.2, -0.15) is 0 Å². The smallest absolute Gasteiger partial charge is 0.331 e. The Morgan fingerprint density at radius 1 is 1.04 bits per heavy atom. The molecule has 1 aromatic heterocycles. The zero-order valence-corrected chi connectivity index (χ0v) is 14.3. The van der Waals surface area contributed by atoms with Crippen LogP contribution in [0.2, 0.25) is 0 Å². The van der Waals surface area contributed by atoms with Crippen molar-refractivity contribution < 1.29 is 14.3 Å². The molecule has 2 aromatic carbocycles. The number of anilines is 1. The van der Waals surface area contributed by atoms with Gasteiger partial charge in [0.2, 0.25) is 0 Å². The molecular weight excluding hydrogens is 328 g/mol. The first-order chi connectivity index (χ1) is 12.6. The number of hydrogen-bond acceptors (Lipinski definition) is 4. The van der Waals surface area contributed by atoms with Crippen molar-refractivity contribution in [1.29, 1.82) is 0 Å². The highest BCUT2D eigenvalue weighted by atomic mass is 16.5. The highest BCUT2D eigenvalue weighted by Crippen LogP contribution is 2.17. The number of aromatic nitrogens is 1. The van der Waals surface area contributed by atoms with Gasteiger partial charge >= 0.3 is 5.97 Å². The van der Waals surface area contributed by atoms with Crippen LogP contribution in [-0.4, -0.2) is 23.0 Å². The zero-order chi connectivity index (χ0) is 18.4. The number of para-hydroxylation sites is 2. The Morgan fingerprint density at radius 3 is 2.62 bits per heavy atom. The third kappa shape index (κ3) is 4.33. The summed E-state index contributed by atoms with van der Waals surface area (Å²) in [6.45, 7) is 1.53. The molecule has 0 fully saturated rings. The number of fused-ring (bicyclic) bond motifs is 1.